The fourth-order valence-electron chi connectivity index (χ4n) is 2.47. The first-order valence-electron chi connectivity index (χ1n) is 8.26. The Morgan fingerprint density at radius 2 is 1.84 bits per heavy atom. The molecule has 138 valence electrons. The van der Waals surface area contributed by atoms with Gasteiger partial charge in [-0.3, -0.25) is 4.99 Å². The summed E-state index contributed by atoms with van der Waals surface area (Å²) in [6.45, 7) is 5.10. The number of hydrogen-bond donors (Lipinski definition) is 2. The lowest BCUT2D eigenvalue weighted by Crippen LogP contribution is -2.42. The van der Waals surface area contributed by atoms with Crippen molar-refractivity contribution >= 4 is 47.0 Å². The summed E-state index contributed by atoms with van der Waals surface area (Å²) in [6.07, 6.45) is 1.01. The summed E-state index contributed by atoms with van der Waals surface area (Å²) in [4.78, 5) is 9.19. The number of nitrogens with one attached hydrogen (secondary N) is 2. The number of rotatable bonds is 6. The highest BCUT2D eigenvalue weighted by atomic mass is 127. The van der Waals surface area contributed by atoms with Crippen molar-refractivity contribution in [3.05, 3.63) is 51.7 Å². The predicted molar refractivity (Wildman–Crippen MR) is 122 cm³/mol. The molecule has 0 fully saturated rings. The summed E-state index contributed by atoms with van der Waals surface area (Å²) < 4.78 is 0. The van der Waals surface area contributed by atoms with Crippen LogP contribution in [0.25, 0.3) is 0 Å². The monoisotopic (exact) mass is 472 g/mol. The molecule has 25 heavy (non-hydrogen) atoms. The highest BCUT2D eigenvalue weighted by Crippen LogP contribution is 2.16. The molecule has 1 unspecified atom stereocenters. The normalized spacial score (nSPS) is 12.3. The molecule has 0 bridgehead atoms. The molecule has 4 nitrogen and oxygen atoms in total. The molecule has 0 radical (unpaired) electrons. The van der Waals surface area contributed by atoms with Gasteiger partial charge in [0, 0.05) is 55.6 Å². The Hall–Kier alpha value is -1.28. The van der Waals surface area contributed by atoms with Gasteiger partial charge in [-0.25, -0.2) is 0 Å². The van der Waals surface area contributed by atoms with Gasteiger partial charge in [-0.1, -0.05) is 12.1 Å². The van der Waals surface area contributed by atoms with Gasteiger partial charge in [-0.15, -0.1) is 35.3 Å². The zero-order valence-corrected chi connectivity index (χ0v) is 18.8. The van der Waals surface area contributed by atoms with Crippen molar-refractivity contribution in [1.29, 1.82) is 0 Å². The van der Waals surface area contributed by atoms with E-state index in [0.29, 0.717) is 6.04 Å². The van der Waals surface area contributed by atoms with E-state index < -0.39 is 0 Å². The van der Waals surface area contributed by atoms with E-state index in [1.54, 1.807) is 0 Å². The zero-order chi connectivity index (χ0) is 17.5. The molecule has 1 aromatic heterocycles. The van der Waals surface area contributed by atoms with Crippen LogP contribution in [0.1, 0.15) is 22.2 Å². The smallest absolute Gasteiger partial charge is 0.191 e. The standard InChI is InChI=1S/C19H28N4S.HI/c1-14(12-18-11-6-15(2)24-18)22-19(20-3)21-13-16-7-9-17(10-8-16)23(4)5;/h6-11,14H,12-13H2,1-5H3,(H2,20,21,22);1H. The second-order valence-corrected chi connectivity index (χ2v) is 7.62. The van der Waals surface area contributed by atoms with Crippen LogP contribution in [-0.4, -0.2) is 33.1 Å². The molecule has 1 aromatic carbocycles. The topological polar surface area (TPSA) is 39.7 Å². The molecule has 0 aliphatic rings. The molecule has 2 aromatic rings. The Morgan fingerprint density at radius 1 is 1.16 bits per heavy atom. The quantitative estimate of drug-likeness (QED) is 0.379. The summed E-state index contributed by atoms with van der Waals surface area (Å²) in [5.41, 5.74) is 2.45. The highest BCUT2D eigenvalue weighted by Gasteiger charge is 2.08. The van der Waals surface area contributed by atoms with Crippen LogP contribution in [-0.2, 0) is 13.0 Å². The minimum absolute atomic E-state index is 0. The Morgan fingerprint density at radius 3 is 2.36 bits per heavy atom. The number of benzene rings is 1. The molecule has 1 heterocycles. The largest absolute Gasteiger partial charge is 0.378 e. The van der Waals surface area contributed by atoms with E-state index in [1.807, 2.05) is 18.4 Å². The SMILES string of the molecule is CN=C(NCc1ccc(N(C)C)cc1)NC(C)Cc1ccc(C)s1.I. The van der Waals surface area contributed by atoms with Crippen LogP contribution in [0.2, 0.25) is 0 Å². The second-order valence-electron chi connectivity index (χ2n) is 6.25. The Kier molecular flexibility index (Phi) is 9.27. The highest BCUT2D eigenvalue weighted by molar-refractivity contribution is 14.0. The van der Waals surface area contributed by atoms with Gasteiger partial charge in [0.15, 0.2) is 5.96 Å². The van der Waals surface area contributed by atoms with Crippen molar-refractivity contribution in [2.75, 3.05) is 26.0 Å². The van der Waals surface area contributed by atoms with Gasteiger partial charge in [0.2, 0.25) is 0 Å². The molecule has 6 heteroatoms. The summed E-state index contributed by atoms with van der Waals surface area (Å²) in [5, 5.41) is 6.85. The number of nitrogens with zero attached hydrogens (tertiary/aromatic N) is 2. The van der Waals surface area contributed by atoms with Gasteiger partial charge in [0.1, 0.15) is 0 Å². The van der Waals surface area contributed by atoms with Gasteiger partial charge in [-0.05, 0) is 43.7 Å². The van der Waals surface area contributed by atoms with Gasteiger partial charge >= 0.3 is 0 Å². The van der Waals surface area contributed by atoms with E-state index in [0.717, 1.165) is 18.9 Å². The Balaban J connectivity index is 0.00000312. The molecule has 0 aliphatic carbocycles. The van der Waals surface area contributed by atoms with Crippen LogP contribution in [0.15, 0.2) is 41.4 Å². The van der Waals surface area contributed by atoms with E-state index in [1.165, 1.54) is 21.0 Å². The third-order valence-corrected chi connectivity index (χ3v) is 4.85. The van der Waals surface area contributed by atoms with Crippen molar-refractivity contribution in [3.8, 4) is 0 Å². The van der Waals surface area contributed by atoms with Crippen LogP contribution in [0.4, 0.5) is 5.69 Å². The molecule has 0 saturated carbocycles. The lowest BCUT2D eigenvalue weighted by Gasteiger charge is -2.18. The van der Waals surface area contributed by atoms with Gasteiger partial charge in [0.25, 0.3) is 0 Å². The first kappa shape index (κ1) is 21.8. The lowest BCUT2D eigenvalue weighted by atomic mass is 10.2. The number of hydrogen-bond acceptors (Lipinski definition) is 3. The van der Waals surface area contributed by atoms with Crippen molar-refractivity contribution in [3.63, 3.8) is 0 Å². The van der Waals surface area contributed by atoms with Crippen molar-refractivity contribution in [2.24, 2.45) is 4.99 Å². The average molecular weight is 472 g/mol. The Bertz CT molecular complexity index is 664. The number of halogens is 1. The summed E-state index contributed by atoms with van der Waals surface area (Å²) in [5.74, 6) is 0.840. The molecular formula is C19H29IN4S. The average Bonchev–Trinajstić information content (AvgIpc) is 2.96. The summed E-state index contributed by atoms with van der Waals surface area (Å²) >= 11 is 1.86. The van der Waals surface area contributed by atoms with E-state index in [4.69, 9.17) is 0 Å². The number of guanidine groups is 1. The predicted octanol–water partition coefficient (Wildman–Crippen LogP) is 4.04. The number of aliphatic imine (C=N–C) groups is 1. The molecule has 2 N–H and O–H groups in total. The lowest BCUT2D eigenvalue weighted by molar-refractivity contribution is 0.645. The fourth-order valence-corrected chi connectivity index (χ4v) is 3.49. The van der Waals surface area contributed by atoms with Crippen LogP contribution in [0.5, 0.6) is 0 Å². The molecule has 0 spiro atoms. The van der Waals surface area contributed by atoms with E-state index in [-0.39, 0.29) is 24.0 Å². The summed E-state index contributed by atoms with van der Waals surface area (Å²) in [6, 6.07) is 13.3. The van der Waals surface area contributed by atoms with Crippen molar-refractivity contribution in [1.82, 2.24) is 10.6 Å². The maximum absolute atomic E-state index is 4.33. The minimum Gasteiger partial charge on any atom is -0.378 e. The molecule has 0 saturated heterocycles. The van der Waals surface area contributed by atoms with Crippen LogP contribution in [0.3, 0.4) is 0 Å². The van der Waals surface area contributed by atoms with Crippen LogP contribution < -0.4 is 15.5 Å². The van der Waals surface area contributed by atoms with Crippen LogP contribution >= 0.6 is 35.3 Å². The maximum atomic E-state index is 4.33. The first-order valence-corrected chi connectivity index (χ1v) is 9.08. The summed E-state index contributed by atoms with van der Waals surface area (Å²) in [7, 11) is 5.91. The number of anilines is 1. The van der Waals surface area contributed by atoms with Crippen molar-refractivity contribution < 1.29 is 0 Å². The molecule has 0 amide bonds. The third-order valence-electron chi connectivity index (χ3n) is 3.82. The molecule has 0 aliphatic heterocycles. The van der Waals surface area contributed by atoms with E-state index in [2.05, 4.69) is 84.9 Å². The second kappa shape index (κ2) is 10.7. The maximum Gasteiger partial charge on any atom is 0.191 e. The van der Waals surface area contributed by atoms with Gasteiger partial charge in [-0.2, -0.15) is 0 Å². The molecule has 1 atom stereocenters. The first-order chi connectivity index (χ1) is 11.5. The minimum atomic E-state index is 0. The zero-order valence-electron chi connectivity index (χ0n) is 15.7. The number of thiophene rings is 1. The van der Waals surface area contributed by atoms with E-state index in [9.17, 15) is 0 Å². The Labute approximate surface area is 172 Å². The van der Waals surface area contributed by atoms with Gasteiger partial charge < -0.3 is 15.5 Å². The number of aryl methyl sites for hydroxylation is 1. The van der Waals surface area contributed by atoms with Crippen LogP contribution in [0, 0.1) is 6.92 Å². The molecule has 2 rings (SSSR count). The fraction of sp³-hybridized carbons (Fsp3) is 0.421. The molecular weight excluding hydrogens is 443 g/mol. The van der Waals surface area contributed by atoms with Gasteiger partial charge in [0.05, 0.1) is 0 Å². The van der Waals surface area contributed by atoms with E-state index >= 15 is 0 Å². The third kappa shape index (κ3) is 7.23. The van der Waals surface area contributed by atoms with Crippen molar-refractivity contribution in [2.45, 2.75) is 32.9 Å².